The van der Waals surface area contributed by atoms with Gasteiger partial charge in [-0.3, -0.25) is 0 Å². The molecule has 0 aliphatic carbocycles. The van der Waals surface area contributed by atoms with Crippen molar-refractivity contribution in [1.82, 2.24) is 5.32 Å². The zero-order chi connectivity index (χ0) is 14.9. The van der Waals surface area contributed by atoms with E-state index >= 15 is 0 Å². The lowest BCUT2D eigenvalue weighted by atomic mass is 9.89. The summed E-state index contributed by atoms with van der Waals surface area (Å²) in [6.45, 7) is 9.51. The minimum Gasteiger partial charge on any atom is -0.316 e. The molecule has 0 saturated carbocycles. The van der Waals surface area contributed by atoms with Crippen molar-refractivity contribution in [2.24, 2.45) is 0 Å². The number of benzene rings is 2. The lowest BCUT2D eigenvalue weighted by Gasteiger charge is -2.16. The highest BCUT2D eigenvalue weighted by molar-refractivity contribution is 6.31. The van der Waals surface area contributed by atoms with Crippen molar-refractivity contribution in [3.8, 4) is 11.1 Å². The smallest absolute Gasteiger partial charge is 0.0457 e. The quantitative estimate of drug-likeness (QED) is 0.841. The molecule has 2 aromatic rings. The molecule has 0 unspecified atom stereocenters. The van der Waals surface area contributed by atoms with Crippen LogP contribution in [0.5, 0.6) is 0 Å². The predicted molar refractivity (Wildman–Crippen MR) is 88.6 cm³/mol. The summed E-state index contributed by atoms with van der Waals surface area (Å²) < 4.78 is 0. The summed E-state index contributed by atoms with van der Waals surface area (Å²) in [5, 5.41) is 3.97. The summed E-state index contributed by atoms with van der Waals surface area (Å²) in [7, 11) is 1.93. The van der Waals surface area contributed by atoms with Gasteiger partial charge in [-0.05, 0) is 79.8 Å². The van der Waals surface area contributed by atoms with E-state index in [0.717, 1.165) is 17.1 Å². The van der Waals surface area contributed by atoms with Gasteiger partial charge in [-0.15, -0.1) is 0 Å². The van der Waals surface area contributed by atoms with Gasteiger partial charge >= 0.3 is 0 Å². The Hall–Kier alpha value is -1.31. The lowest BCUT2D eigenvalue weighted by Crippen LogP contribution is -2.05. The maximum atomic E-state index is 6.40. The molecule has 0 atom stereocenters. The second-order valence-electron chi connectivity index (χ2n) is 5.47. The Kier molecular flexibility index (Phi) is 4.52. The van der Waals surface area contributed by atoms with Gasteiger partial charge < -0.3 is 5.32 Å². The molecule has 20 heavy (non-hydrogen) atoms. The summed E-state index contributed by atoms with van der Waals surface area (Å²) in [4.78, 5) is 0. The van der Waals surface area contributed by atoms with Crippen LogP contribution in [0.25, 0.3) is 11.1 Å². The van der Waals surface area contributed by atoms with Gasteiger partial charge in [0, 0.05) is 11.6 Å². The van der Waals surface area contributed by atoms with E-state index in [0.29, 0.717) is 0 Å². The highest BCUT2D eigenvalue weighted by Gasteiger charge is 2.12. The highest BCUT2D eigenvalue weighted by Crippen LogP contribution is 2.33. The topological polar surface area (TPSA) is 12.0 Å². The molecule has 0 saturated heterocycles. The zero-order valence-electron chi connectivity index (χ0n) is 12.9. The Bertz CT molecular complexity index is 618. The van der Waals surface area contributed by atoms with E-state index in [4.69, 9.17) is 11.6 Å². The lowest BCUT2D eigenvalue weighted by molar-refractivity contribution is 0.818. The molecule has 0 aliphatic heterocycles. The Morgan fingerprint density at radius 3 is 2.05 bits per heavy atom. The van der Waals surface area contributed by atoms with Gasteiger partial charge in [0.05, 0.1) is 0 Å². The monoisotopic (exact) mass is 287 g/mol. The number of nitrogens with one attached hydrogen (secondary N) is 1. The number of hydrogen-bond donors (Lipinski definition) is 1. The normalized spacial score (nSPS) is 10.9. The van der Waals surface area contributed by atoms with Crippen LogP contribution in [-0.4, -0.2) is 7.05 Å². The first kappa shape index (κ1) is 15.1. The third-order valence-corrected chi connectivity index (χ3v) is 4.43. The summed E-state index contributed by atoms with van der Waals surface area (Å²) in [5.41, 5.74) is 9.00. The summed E-state index contributed by atoms with van der Waals surface area (Å²) in [6.07, 6.45) is 0. The van der Waals surface area contributed by atoms with Crippen LogP contribution in [0.4, 0.5) is 0 Å². The fourth-order valence-corrected chi connectivity index (χ4v) is 2.93. The maximum absolute atomic E-state index is 6.40. The Morgan fingerprint density at radius 1 is 0.950 bits per heavy atom. The summed E-state index contributed by atoms with van der Waals surface area (Å²) in [6, 6.07) is 8.63. The molecule has 0 spiro atoms. The summed E-state index contributed by atoms with van der Waals surface area (Å²) >= 11 is 6.40. The molecule has 2 rings (SSSR count). The van der Waals surface area contributed by atoms with Crippen molar-refractivity contribution < 1.29 is 0 Å². The minimum atomic E-state index is 0.796. The average Bonchev–Trinajstić information content (AvgIpc) is 2.40. The highest BCUT2D eigenvalue weighted by atomic mass is 35.5. The molecule has 0 aliphatic rings. The van der Waals surface area contributed by atoms with Crippen molar-refractivity contribution in [3.05, 3.63) is 57.1 Å². The number of halogens is 1. The molecule has 0 amide bonds. The first-order valence-electron chi connectivity index (χ1n) is 6.96. The zero-order valence-corrected chi connectivity index (χ0v) is 13.7. The molecule has 2 heteroatoms. The van der Waals surface area contributed by atoms with E-state index in [9.17, 15) is 0 Å². The molecule has 106 valence electrons. The van der Waals surface area contributed by atoms with Crippen molar-refractivity contribution in [1.29, 1.82) is 0 Å². The van der Waals surface area contributed by atoms with Gasteiger partial charge in [-0.2, -0.15) is 0 Å². The van der Waals surface area contributed by atoms with Crippen molar-refractivity contribution in [3.63, 3.8) is 0 Å². The third kappa shape index (κ3) is 2.74. The van der Waals surface area contributed by atoms with Gasteiger partial charge in [0.15, 0.2) is 0 Å². The van der Waals surface area contributed by atoms with Crippen LogP contribution in [0.3, 0.4) is 0 Å². The van der Waals surface area contributed by atoms with Crippen molar-refractivity contribution in [2.75, 3.05) is 7.05 Å². The molecule has 1 N–H and O–H groups in total. The van der Waals surface area contributed by atoms with Gasteiger partial charge in [0.1, 0.15) is 0 Å². The summed E-state index contributed by atoms with van der Waals surface area (Å²) in [5.74, 6) is 0. The van der Waals surface area contributed by atoms with Crippen LogP contribution in [0.1, 0.15) is 27.8 Å². The fourth-order valence-electron chi connectivity index (χ4n) is 2.69. The standard InChI is InChI=1S/C18H22ClN/c1-11-8-12(2)14(4)18(13(11)3)15-6-7-16(10-20-5)17(19)9-15/h6-9,20H,10H2,1-5H3. The number of rotatable bonds is 3. The Morgan fingerprint density at radius 2 is 1.55 bits per heavy atom. The Balaban J connectivity index is 2.60. The largest absolute Gasteiger partial charge is 0.316 e. The molecule has 2 aromatic carbocycles. The third-order valence-electron chi connectivity index (χ3n) is 4.07. The molecule has 1 nitrogen and oxygen atoms in total. The minimum absolute atomic E-state index is 0.796. The van der Waals surface area contributed by atoms with Crippen molar-refractivity contribution in [2.45, 2.75) is 34.2 Å². The van der Waals surface area contributed by atoms with E-state index in [1.54, 1.807) is 0 Å². The average molecular weight is 288 g/mol. The van der Waals surface area contributed by atoms with Gasteiger partial charge in [-0.25, -0.2) is 0 Å². The van der Waals surface area contributed by atoms with Crippen LogP contribution in [0, 0.1) is 27.7 Å². The van der Waals surface area contributed by atoms with Crippen LogP contribution in [-0.2, 0) is 6.54 Å². The van der Waals surface area contributed by atoms with Gasteiger partial charge in [0.2, 0.25) is 0 Å². The molecule has 0 heterocycles. The van der Waals surface area contributed by atoms with E-state index in [1.165, 1.54) is 33.4 Å². The fraction of sp³-hybridized carbons (Fsp3) is 0.333. The second-order valence-corrected chi connectivity index (χ2v) is 5.88. The first-order valence-corrected chi connectivity index (χ1v) is 7.34. The van der Waals surface area contributed by atoms with Crippen molar-refractivity contribution >= 4 is 11.6 Å². The van der Waals surface area contributed by atoms with Crippen LogP contribution in [0.15, 0.2) is 24.3 Å². The van der Waals surface area contributed by atoms with Gasteiger partial charge in [-0.1, -0.05) is 29.8 Å². The molecule has 0 aromatic heterocycles. The molecule has 0 fully saturated rings. The van der Waals surface area contributed by atoms with E-state index in [2.05, 4.69) is 57.3 Å². The van der Waals surface area contributed by atoms with Crippen LogP contribution >= 0.6 is 11.6 Å². The van der Waals surface area contributed by atoms with E-state index in [-0.39, 0.29) is 0 Å². The molecular formula is C18H22ClN. The predicted octanol–water partition coefficient (Wildman–Crippen LogP) is 4.96. The first-order chi connectivity index (χ1) is 9.45. The molecule has 0 radical (unpaired) electrons. The number of aryl methyl sites for hydroxylation is 2. The molecular weight excluding hydrogens is 266 g/mol. The van der Waals surface area contributed by atoms with Crippen LogP contribution < -0.4 is 5.32 Å². The maximum Gasteiger partial charge on any atom is 0.0457 e. The van der Waals surface area contributed by atoms with E-state index < -0.39 is 0 Å². The SMILES string of the molecule is CNCc1ccc(-c2c(C)c(C)cc(C)c2C)cc1Cl. The number of hydrogen-bond acceptors (Lipinski definition) is 1. The molecule has 0 bridgehead atoms. The van der Waals surface area contributed by atoms with Crippen LogP contribution in [0.2, 0.25) is 5.02 Å². The van der Waals surface area contributed by atoms with E-state index in [1.807, 2.05) is 7.05 Å². The van der Waals surface area contributed by atoms with Gasteiger partial charge in [0.25, 0.3) is 0 Å². The second kappa shape index (κ2) is 5.99. The Labute approximate surface area is 127 Å².